The van der Waals surface area contributed by atoms with Crippen molar-refractivity contribution in [3.8, 4) is 5.75 Å². The number of aliphatic hydroxyl groups excluding tert-OH is 1. The van der Waals surface area contributed by atoms with E-state index < -0.39 is 47.9 Å². The number of likely N-dealkylation sites (N-methyl/N-ethyl adjacent to an activating group) is 1. The predicted molar refractivity (Wildman–Crippen MR) is 139 cm³/mol. The molecule has 2 N–H and O–H groups in total. The smallest absolute Gasteiger partial charge is 0.328 e. The molecule has 0 radical (unpaired) electrons. The molecule has 0 aliphatic carbocycles. The van der Waals surface area contributed by atoms with Gasteiger partial charge in [-0.25, -0.2) is 9.18 Å². The molecule has 0 aliphatic rings. The first-order valence-corrected chi connectivity index (χ1v) is 12.1. The molecule has 0 saturated carbocycles. The first-order valence-electron chi connectivity index (χ1n) is 12.1. The number of nitrogens with one attached hydrogen (secondary N) is 1. The average Bonchev–Trinajstić information content (AvgIpc) is 2.94. The minimum absolute atomic E-state index is 0.149. The van der Waals surface area contributed by atoms with Crippen molar-refractivity contribution in [3.63, 3.8) is 0 Å². The molecule has 2 amide bonds. The van der Waals surface area contributed by atoms with E-state index in [-0.39, 0.29) is 18.8 Å². The first-order chi connectivity index (χ1) is 18.3. The lowest BCUT2D eigenvalue weighted by Gasteiger charge is -2.27. The number of carbonyl (C=O) groups is 3. The van der Waals surface area contributed by atoms with Gasteiger partial charge < -0.3 is 24.8 Å². The molecule has 0 bridgehead atoms. The molecular formula is C29H31FN2O6. The maximum Gasteiger partial charge on any atom is 0.328 e. The second-order valence-electron chi connectivity index (χ2n) is 8.68. The summed E-state index contributed by atoms with van der Waals surface area (Å²) in [6.45, 7) is -0.797. The number of esters is 1. The SMILES string of the molecule is COC(=O)[C@@H](Cc1ccccc1)N(C)C(=O)c1c(F)cccc1OCC(=O)N[C@H](CO)Cc1ccccc1. The Morgan fingerprint density at radius 2 is 1.53 bits per heavy atom. The van der Waals surface area contributed by atoms with Gasteiger partial charge in [-0.2, -0.15) is 0 Å². The predicted octanol–water partition coefficient (Wildman–Crippen LogP) is 2.78. The van der Waals surface area contributed by atoms with Crippen molar-refractivity contribution in [2.75, 3.05) is 27.4 Å². The summed E-state index contributed by atoms with van der Waals surface area (Å²) in [4.78, 5) is 39.5. The zero-order valence-corrected chi connectivity index (χ0v) is 21.3. The summed E-state index contributed by atoms with van der Waals surface area (Å²) in [5, 5.41) is 12.3. The monoisotopic (exact) mass is 522 g/mol. The van der Waals surface area contributed by atoms with Gasteiger partial charge in [0.2, 0.25) is 0 Å². The lowest BCUT2D eigenvalue weighted by atomic mass is 10.0. The molecule has 3 aromatic carbocycles. The minimum Gasteiger partial charge on any atom is -0.483 e. The van der Waals surface area contributed by atoms with E-state index in [4.69, 9.17) is 9.47 Å². The van der Waals surface area contributed by atoms with Crippen LogP contribution < -0.4 is 10.1 Å². The largest absolute Gasteiger partial charge is 0.483 e. The Kier molecular flexibility index (Phi) is 10.4. The zero-order chi connectivity index (χ0) is 27.5. The van der Waals surface area contributed by atoms with Gasteiger partial charge in [-0.3, -0.25) is 9.59 Å². The summed E-state index contributed by atoms with van der Waals surface area (Å²) in [6, 6.07) is 20.7. The van der Waals surface area contributed by atoms with Gasteiger partial charge in [0, 0.05) is 13.5 Å². The van der Waals surface area contributed by atoms with E-state index in [1.54, 1.807) is 12.1 Å². The fraction of sp³-hybridized carbons (Fsp3) is 0.276. The number of halogens is 1. The lowest BCUT2D eigenvalue weighted by Crippen LogP contribution is -2.45. The number of hydrogen-bond acceptors (Lipinski definition) is 6. The van der Waals surface area contributed by atoms with E-state index in [2.05, 4.69) is 5.32 Å². The second-order valence-corrected chi connectivity index (χ2v) is 8.68. The number of rotatable bonds is 12. The third kappa shape index (κ3) is 7.63. The molecule has 0 aromatic heterocycles. The van der Waals surface area contributed by atoms with Crippen LogP contribution in [0, 0.1) is 5.82 Å². The Morgan fingerprint density at radius 1 is 0.921 bits per heavy atom. The Labute approximate surface area is 221 Å². The van der Waals surface area contributed by atoms with Crippen molar-refractivity contribution in [2.24, 2.45) is 0 Å². The quantitative estimate of drug-likeness (QED) is 0.355. The molecule has 8 nitrogen and oxygen atoms in total. The van der Waals surface area contributed by atoms with E-state index in [0.29, 0.717) is 6.42 Å². The summed E-state index contributed by atoms with van der Waals surface area (Å²) in [7, 11) is 2.59. The molecule has 0 unspecified atom stereocenters. The summed E-state index contributed by atoms with van der Waals surface area (Å²) in [6.07, 6.45) is 0.570. The molecule has 0 heterocycles. The highest BCUT2D eigenvalue weighted by Crippen LogP contribution is 2.25. The van der Waals surface area contributed by atoms with Crippen LogP contribution in [0.3, 0.4) is 0 Å². The molecule has 200 valence electrons. The van der Waals surface area contributed by atoms with Gasteiger partial charge in [-0.1, -0.05) is 66.7 Å². The van der Waals surface area contributed by atoms with E-state index in [1.165, 1.54) is 26.3 Å². The van der Waals surface area contributed by atoms with Crippen molar-refractivity contribution < 1.29 is 33.4 Å². The van der Waals surface area contributed by atoms with Gasteiger partial charge in [0.1, 0.15) is 23.2 Å². The van der Waals surface area contributed by atoms with Gasteiger partial charge in [0.15, 0.2) is 6.61 Å². The highest BCUT2D eigenvalue weighted by Gasteiger charge is 2.32. The summed E-state index contributed by atoms with van der Waals surface area (Å²) in [5.74, 6) is -3.02. The van der Waals surface area contributed by atoms with Crippen LogP contribution in [0.4, 0.5) is 4.39 Å². The second kappa shape index (κ2) is 13.9. The van der Waals surface area contributed by atoms with Gasteiger partial charge in [-0.15, -0.1) is 0 Å². The molecule has 0 fully saturated rings. The van der Waals surface area contributed by atoms with E-state index in [0.717, 1.165) is 22.1 Å². The highest BCUT2D eigenvalue weighted by molar-refractivity contribution is 5.99. The third-order valence-electron chi connectivity index (χ3n) is 5.99. The molecule has 3 rings (SSSR count). The fourth-order valence-corrected chi connectivity index (χ4v) is 3.97. The van der Waals surface area contributed by atoms with E-state index >= 15 is 0 Å². The molecule has 0 saturated heterocycles. The Morgan fingerprint density at radius 3 is 2.11 bits per heavy atom. The zero-order valence-electron chi connectivity index (χ0n) is 21.3. The maximum absolute atomic E-state index is 14.9. The van der Waals surface area contributed by atoms with Gasteiger partial charge >= 0.3 is 5.97 Å². The standard InChI is InChI=1S/C29H31FN2O6/c1-32(24(29(36)37-2)17-21-12-7-4-8-13-21)28(35)27-23(30)14-9-15-25(27)38-19-26(34)31-22(18-33)16-20-10-5-3-6-11-20/h3-15,22,24,33H,16-19H2,1-2H3,(H,31,34)/t22-,24+/m0/s1. The average molecular weight is 523 g/mol. The number of carbonyl (C=O) groups excluding carboxylic acids is 3. The van der Waals surface area contributed by atoms with Crippen molar-refractivity contribution in [2.45, 2.75) is 24.9 Å². The van der Waals surface area contributed by atoms with Gasteiger partial charge in [0.05, 0.1) is 19.8 Å². The van der Waals surface area contributed by atoms with Crippen LogP contribution in [0.1, 0.15) is 21.5 Å². The number of amides is 2. The van der Waals surface area contributed by atoms with E-state index in [1.807, 2.05) is 48.5 Å². The summed E-state index contributed by atoms with van der Waals surface area (Å²) < 4.78 is 25.3. The Bertz CT molecular complexity index is 1220. The van der Waals surface area contributed by atoms with Crippen LogP contribution in [0.2, 0.25) is 0 Å². The molecule has 0 spiro atoms. The van der Waals surface area contributed by atoms with Crippen LogP contribution in [0.5, 0.6) is 5.75 Å². The third-order valence-corrected chi connectivity index (χ3v) is 5.99. The topological polar surface area (TPSA) is 105 Å². The first kappa shape index (κ1) is 28.3. The number of nitrogens with zero attached hydrogens (tertiary/aromatic N) is 1. The molecule has 0 aliphatic heterocycles. The minimum atomic E-state index is -1.02. The van der Waals surface area contributed by atoms with Crippen LogP contribution in [-0.2, 0) is 27.2 Å². The van der Waals surface area contributed by atoms with Crippen molar-refractivity contribution in [1.82, 2.24) is 10.2 Å². The number of benzene rings is 3. The number of methoxy groups -OCH3 is 1. The fourth-order valence-electron chi connectivity index (χ4n) is 3.97. The van der Waals surface area contributed by atoms with Crippen LogP contribution in [-0.4, -0.2) is 67.2 Å². The normalized spacial score (nSPS) is 12.2. The van der Waals surface area contributed by atoms with Crippen molar-refractivity contribution in [3.05, 3.63) is 101 Å². The number of hydrogen-bond donors (Lipinski definition) is 2. The summed E-state index contributed by atoms with van der Waals surface area (Å²) in [5.41, 5.74) is 1.32. The van der Waals surface area contributed by atoms with Crippen LogP contribution in [0.25, 0.3) is 0 Å². The summed E-state index contributed by atoms with van der Waals surface area (Å²) >= 11 is 0. The maximum atomic E-state index is 14.9. The van der Waals surface area contributed by atoms with Gasteiger partial charge in [-0.05, 0) is 29.7 Å². The number of ether oxygens (including phenoxy) is 2. The van der Waals surface area contributed by atoms with E-state index in [9.17, 15) is 23.9 Å². The molecule has 9 heteroatoms. The van der Waals surface area contributed by atoms with Crippen LogP contribution in [0.15, 0.2) is 78.9 Å². The lowest BCUT2D eigenvalue weighted by molar-refractivity contribution is -0.145. The highest BCUT2D eigenvalue weighted by atomic mass is 19.1. The van der Waals surface area contributed by atoms with Crippen molar-refractivity contribution in [1.29, 1.82) is 0 Å². The Balaban J connectivity index is 1.72. The Hall–Kier alpha value is -4.24. The van der Waals surface area contributed by atoms with Gasteiger partial charge in [0.25, 0.3) is 11.8 Å². The molecule has 2 atom stereocenters. The van der Waals surface area contributed by atoms with Crippen LogP contribution >= 0.6 is 0 Å². The molecular weight excluding hydrogens is 491 g/mol. The van der Waals surface area contributed by atoms with Crippen molar-refractivity contribution >= 4 is 17.8 Å². The molecule has 3 aromatic rings. The number of aliphatic hydroxyl groups is 1. The molecule has 38 heavy (non-hydrogen) atoms.